The molecule has 0 aromatic heterocycles. The van der Waals surface area contributed by atoms with E-state index in [1.54, 1.807) is 11.9 Å². The van der Waals surface area contributed by atoms with Gasteiger partial charge in [-0.25, -0.2) is 0 Å². The van der Waals surface area contributed by atoms with Crippen molar-refractivity contribution in [1.82, 2.24) is 10.2 Å². The van der Waals surface area contributed by atoms with E-state index in [-0.39, 0.29) is 6.61 Å². The van der Waals surface area contributed by atoms with Gasteiger partial charge in [-0.05, 0) is 12.2 Å². The van der Waals surface area contributed by atoms with Crippen LogP contribution in [0.25, 0.3) is 0 Å². The van der Waals surface area contributed by atoms with Gasteiger partial charge in [0.25, 0.3) is 0 Å². The van der Waals surface area contributed by atoms with Crippen molar-refractivity contribution in [2.75, 3.05) is 13.7 Å². The maximum absolute atomic E-state index is 9.83. The van der Waals surface area contributed by atoms with Crippen molar-refractivity contribution in [1.29, 1.82) is 0 Å². The first-order valence-electron chi connectivity index (χ1n) is 4.72. The Morgan fingerprint density at radius 3 is 2.73 bits per heavy atom. The molecule has 2 rings (SSSR count). The Bertz CT molecular complexity index is 271. The maximum Gasteiger partial charge on any atom is 0.171 e. The molecular formula is C8H14N2O4S. The SMILES string of the molecule is CN1C(=S)N[C@@H]2[C@@H](O)[C@H]1O[C@H](CO)[C@H]2O. The van der Waals surface area contributed by atoms with E-state index < -0.39 is 30.6 Å². The normalized spacial score (nSPS) is 45.2. The molecule has 2 saturated heterocycles. The van der Waals surface area contributed by atoms with Gasteiger partial charge in [-0.1, -0.05) is 0 Å². The van der Waals surface area contributed by atoms with Gasteiger partial charge in [-0.2, -0.15) is 0 Å². The van der Waals surface area contributed by atoms with Gasteiger partial charge in [0.15, 0.2) is 11.3 Å². The first kappa shape index (κ1) is 11.0. The second-order valence-corrected chi connectivity index (χ2v) is 4.20. The van der Waals surface area contributed by atoms with Crippen LogP contribution >= 0.6 is 12.2 Å². The number of rotatable bonds is 1. The Hall–Kier alpha value is -0.470. The van der Waals surface area contributed by atoms with E-state index in [4.69, 9.17) is 22.1 Å². The Labute approximate surface area is 92.4 Å². The number of nitrogens with zero attached hydrogens (tertiary/aromatic N) is 1. The van der Waals surface area contributed by atoms with Crippen LogP contribution in [0.3, 0.4) is 0 Å². The number of hydrogen-bond donors (Lipinski definition) is 4. The van der Waals surface area contributed by atoms with Crippen molar-refractivity contribution in [3.8, 4) is 0 Å². The molecule has 5 atom stereocenters. The Morgan fingerprint density at radius 1 is 1.47 bits per heavy atom. The largest absolute Gasteiger partial charge is 0.394 e. The third-order valence-corrected chi connectivity index (χ3v) is 3.30. The number of fused-ring (bicyclic) bond motifs is 2. The number of likely N-dealkylation sites (N-methyl/N-ethyl adjacent to an activating group) is 1. The summed E-state index contributed by atoms with van der Waals surface area (Å²) in [6.45, 7) is -0.289. The van der Waals surface area contributed by atoms with Crippen LogP contribution in [0.1, 0.15) is 0 Å². The van der Waals surface area contributed by atoms with E-state index in [1.807, 2.05) is 0 Å². The van der Waals surface area contributed by atoms with E-state index in [2.05, 4.69) is 5.32 Å². The van der Waals surface area contributed by atoms with E-state index in [9.17, 15) is 10.2 Å². The van der Waals surface area contributed by atoms with E-state index in [0.717, 1.165) is 0 Å². The Balaban J connectivity index is 2.23. The van der Waals surface area contributed by atoms with Crippen LogP contribution < -0.4 is 5.32 Å². The summed E-state index contributed by atoms with van der Waals surface area (Å²) >= 11 is 5.01. The van der Waals surface area contributed by atoms with Crippen molar-refractivity contribution in [3.05, 3.63) is 0 Å². The van der Waals surface area contributed by atoms with Crippen LogP contribution in [0.2, 0.25) is 0 Å². The summed E-state index contributed by atoms with van der Waals surface area (Å²) in [7, 11) is 1.69. The predicted octanol–water partition coefficient (Wildman–Crippen LogP) is -2.39. The summed E-state index contributed by atoms with van der Waals surface area (Å²) < 4.78 is 5.36. The molecule has 2 bridgehead atoms. The summed E-state index contributed by atoms with van der Waals surface area (Å²) in [5.41, 5.74) is 0. The van der Waals surface area contributed by atoms with Crippen molar-refractivity contribution in [2.45, 2.75) is 30.6 Å². The zero-order valence-corrected chi connectivity index (χ0v) is 9.02. The minimum Gasteiger partial charge on any atom is -0.394 e. The van der Waals surface area contributed by atoms with Gasteiger partial charge in [0.2, 0.25) is 0 Å². The Kier molecular flexibility index (Phi) is 2.82. The number of hydrogen-bond acceptors (Lipinski definition) is 5. The summed E-state index contributed by atoms with van der Waals surface area (Å²) in [5.74, 6) is 0. The maximum atomic E-state index is 9.83. The minimum absolute atomic E-state index is 0.289. The quantitative estimate of drug-likeness (QED) is 0.377. The van der Waals surface area contributed by atoms with E-state index >= 15 is 0 Å². The van der Waals surface area contributed by atoms with Gasteiger partial charge < -0.3 is 30.3 Å². The standard InChI is InChI=1S/C8H14N2O4S/c1-10-7-6(13)4(9-8(10)15)5(12)3(2-11)14-7/h3-7,11-13H,2H2,1H3,(H,9,15)/t3-,4+,5-,6-,7-/m1/s1. The van der Waals surface area contributed by atoms with Gasteiger partial charge in [0, 0.05) is 7.05 Å². The highest BCUT2D eigenvalue weighted by Crippen LogP contribution is 2.26. The molecule has 0 aliphatic carbocycles. The number of thiocarbonyl (C=S) groups is 1. The monoisotopic (exact) mass is 234 g/mol. The molecule has 0 aromatic carbocycles. The number of aliphatic hydroxyl groups is 3. The minimum atomic E-state index is -0.965. The number of aliphatic hydroxyl groups excluding tert-OH is 3. The molecule has 2 fully saturated rings. The molecule has 0 radical (unpaired) electrons. The molecule has 15 heavy (non-hydrogen) atoms. The second kappa shape index (κ2) is 3.84. The molecule has 0 aromatic rings. The van der Waals surface area contributed by atoms with E-state index in [0.29, 0.717) is 5.11 Å². The molecule has 4 N–H and O–H groups in total. The van der Waals surface area contributed by atoms with Crippen molar-refractivity contribution in [3.63, 3.8) is 0 Å². The van der Waals surface area contributed by atoms with Gasteiger partial charge in [-0.3, -0.25) is 0 Å². The lowest BCUT2D eigenvalue weighted by Gasteiger charge is -2.50. The molecule has 2 aliphatic heterocycles. The van der Waals surface area contributed by atoms with Crippen molar-refractivity contribution < 1.29 is 20.1 Å². The fraction of sp³-hybridized carbons (Fsp3) is 0.875. The fourth-order valence-electron chi connectivity index (χ4n) is 1.95. The van der Waals surface area contributed by atoms with Crippen molar-refractivity contribution >= 4 is 17.3 Å². The highest BCUT2D eigenvalue weighted by Gasteiger charge is 2.49. The second-order valence-electron chi connectivity index (χ2n) is 3.82. The van der Waals surface area contributed by atoms with Crippen LogP contribution in [0.5, 0.6) is 0 Å². The summed E-state index contributed by atoms with van der Waals surface area (Å²) in [6.07, 6.45) is -3.13. The first-order valence-corrected chi connectivity index (χ1v) is 5.13. The van der Waals surface area contributed by atoms with Crippen molar-refractivity contribution in [2.24, 2.45) is 0 Å². The molecule has 7 heteroatoms. The smallest absolute Gasteiger partial charge is 0.171 e. The molecular weight excluding hydrogens is 220 g/mol. The summed E-state index contributed by atoms with van der Waals surface area (Å²) in [6, 6.07) is -0.579. The average Bonchev–Trinajstić information content (AvgIpc) is 2.21. The van der Waals surface area contributed by atoms with Gasteiger partial charge in [0.1, 0.15) is 18.3 Å². The van der Waals surface area contributed by atoms with Gasteiger partial charge in [0.05, 0.1) is 12.6 Å². The lowest BCUT2D eigenvalue weighted by Crippen LogP contribution is -2.73. The highest BCUT2D eigenvalue weighted by atomic mass is 32.1. The van der Waals surface area contributed by atoms with Crippen LogP contribution in [0, 0.1) is 0 Å². The molecule has 0 amide bonds. The Morgan fingerprint density at radius 2 is 2.13 bits per heavy atom. The number of ether oxygens (including phenoxy) is 1. The van der Waals surface area contributed by atoms with Gasteiger partial charge in [-0.15, -0.1) is 0 Å². The topological polar surface area (TPSA) is 85.2 Å². The summed E-state index contributed by atoms with van der Waals surface area (Å²) in [5, 5.41) is 31.9. The van der Waals surface area contributed by atoms with Gasteiger partial charge >= 0.3 is 0 Å². The molecule has 2 heterocycles. The predicted molar refractivity (Wildman–Crippen MR) is 55.0 cm³/mol. The molecule has 6 nitrogen and oxygen atoms in total. The zero-order valence-electron chi connectivity index (χ0n) is 8.20. The first-order chi connectivity index (χ1) is 7.06. The molecule has 0 spiro atoms. The lowest BCUT2D eigenvalue weighted by molar-refractivity contribution is -0.229. The highest BCUT2D eigenvalue weighted by molar-refractivity contribution is 7.80. The molecule has 0 unspecified atom stereocenters. The average molecular weight is 234 g/mol. The molecule has 0 saturated carbocycles. The van der Waals surface area contributed by atoms with Crippen LogP contribution in [-0.2, 0) is 4.74 Å². The molecule has 2 aliphatic rings. The fourth-order valence-corrected chi connectivity index (χ4v) is 2.19. The number of nitrogens with one attached hydrogen (secondary N) is 1. The lowest BCUT2D eigenvalue weighted by atomic mass is 9.93. The third-order valence-electron chi connectivity index (χ3n) is 2.90. The van der Waals surface area contributed by atoms with Crippen LogP contribution in [0.4, 0.5) is 0 Å². The molecule has 86 valence electrons. The van der Waals surface area contributed by atoms with Crippen LogP contribution in [0.15, 0.2) is 0 Å². The zero-order chi connectivity index (χ0) is 11.2. The summed E-state index contributed by atoms with van der Waals surface area (Å²) in [4.78, 5) is 1.57. The van der Waals surface area contributed by atoms with Crippen LogP contribution in [-0.4, -0.2) is 69.6 Å². The van der Waals surface area contributed by atoms with E-state index in [1.165, 1.54) is 0 Å². The third kappa shape index (κ3) is 1.60.